The van der Waals surface area contributed by atoms with Crippen LogP contribution in [0.2, 0.25) is 0 Å². The molecule has 0 spiro atoms. The van der Waals surface area contributed by atoms with E-state index in [1.807, 2.05) is 6.08 Å². The van der Waals surface area contributed by atoms with Crippen LogP contribution in [0.1, 0.15) is 79.1 Å². The molecule has 4 nitrogen and oxygen atoms in total. The molecule has 0 bridgehead atoms. The van der Waals surface area contributed by atoms with E-state index in [0.29, 0.717) is 24.3 Å². The molecule has 4 aliphatic rings. The molecule has 0 aromatic rings. The molecule has 0 aromatic carbocycles. The summed E-state index contributed by atoms with van der Waals surface area (Å²) < 4.78 is 6.23. The first-order chi connectivity index (χ1) is 13.8. The van der Waals surface area contributed by atoms with Gasteiger partial charge in [-0.3, -0.25) is 4.79 Å². The lowest BCUT2D eigenvalue weighted by atomic mass is 9.47. The van der Waals surface area contributed by atoms with Crippen molar-refractivity contribution in [2.45, 2.75) is 84.7 Å². The number of ether oxygens (including phenoxy) is 1. The summed E-state index contributed by atoms with van der Waals surface area (Å²) in [5.74, 6) is 1.97. The summed E-state index contributed by atoms with van der Waals surface area (Å²) in [5.41, 5.74) is 1.05. The molecule has 4 aliphatic carbocycles. The predicted molar refractivity (Wildman–Crippen MR) is 114 cm³/mol. The molecule has 0 heterocycles. The van der Waals surface area contributed by atoms with Crippen LogP contribution in [-0.2, 0) is 9.53 Å². The van der Waals surface area contributed by atoms with E-state index in [-0.39, 0.29) is 28.3 Å². The highest BCUT2D eigenvalue weighted by atomic mass is 16.6. The number of fused-ring (bicyclic) bond motifs is 5. The Morgan fingerprint density at radius 3 is 2.66 bits per heavy atom. The van der Waals surface area contributed by atoms with E-state index in [9.17, 15) is 9.59 Å². The number of allylic oxidation sites excluding steroid dienone is 4. The van der Waals surface area contributed by atoms with Crippen LogP contribution < -0.4 is 5.32 Å². The zero-order chi connectivity index (χ0) is 20.9. The maximum atomic E-state index is 12.5. The Hall–Kier alpha value is -1.58. The Kier molecular flexibility index (Phi) is 5.19. The second kappa shape index (κ2) is 7.28. The average molecular weight is 400 g/mol. The van der Waals surface area contributed by atoms with Crippen molar-refractivity contribution >= 4 is 11.9 Å². The highest BCUT2D eigenvalue weighted by Crippen LogP contribution is 2.68. The van der Waals surface area contributed by atoms with Crippen LogP contribution in [0.3, 0.4) is 0 Å². The van der Waals surface area contributed by atoms with Crippen LogP contribution in [0, 0.1) is 28.6 Å². The van der Waals surface area contributed by atoms with Gasteiger partial charge in [0.1, 0.15) is 5.60 Å². The smallest absolute Gasteiger partial charge is 0.407 e. The van der Waals surface area contributed by atoms with Crippen LogP contribution in [0.5, 0.6) is 0 Å². The first kappa shape index (κ1) is 20.7. The number of alkyl carbamates (subject to hydrolysis) is 1. The number of nitrogens with one attached hydrogen (secondary N) is 1. The lowest BCUT2D eigenvalue weighted by Crippen LogP contribution is -2.56. The van der Waals surface area contributed by atoms with E-state index in [2.05, 4.69) is 39.1 Å². The fourth-order valence-corrected chi connectivity index (χ4v) is 7.55. The van der Waals surface area contributed by atoms with Gasteiger partial charge in [0.05, 0.1) is 0 Å². The molecule has 1 N–H and O–H groups in total. The Morgan fingerprint density at radius 1 is 1.17 bits per heavy atom. The lowest BCUT2D eigenvalue weighted by Gasteiger charge is -2.58. The van der Waals surface area contributed by atoms with Crippen molar-refractivity contribution in [2.75, 3.05) is 6.54 Å². The highest BCUT2D eigenvalue weighted by Gasteiger charge is 2.65. The summed E-state index contributed by atoms with van der Waals surface area (Å²) in [5, 5.41) is 2.93. The molecule has 4 heteroatoms. The molecule has 160 valence electrons. The standard InChI is InChI=1S/C25H37NO3/c1-5-15-26-22(28)29-25(6-2)14-11-21-19-8-7-17-16-18(27)9-12-23(17,3)20(19)10-13-24(21,25)4/h9,12,16,19-21H,5-8,10-11,13-15H2,1-4H3,(H,26,28)/t19?,20?,21?,23-,24-,25-/m0/s1. The molecule has 4 rings (SSSR count). The second-order valence-corrected chi connectivity index (χ2v) is 10.3. The number of hydrogen-bond donors (Lipinski definition) is 1. The lowest BCUT2D eigenvalue weighted by molar-refractivity contribution is -0.126. The fourth-order valence-electron chi connectivity index (χ4n) is 7.55. The summed E-state index contributed by atoms with van der Waals surface area (Å²) in [7, 11) is 0. The molecule has 1 amide bonds. The summed E-state index contributed by atoms with van der Waals surface area (Å²) in [6.07, 6.45) is 14.0. The third-order valence-electron chi connectivity index (χ3n) is 9.22. The molecule has 3 unspecified atom stereocenters. The zero-order valence-corrected chi connectivity index (χ0v) is 18.6. The van der Waals surface area contributed by atoms with Crippen molar-refractivity contribution in [3.63, 3.8) is 0 Å². The van der Waals surface area contributed by atoms with E-state index in [4.69, 9.17) is 4.74 Å². The molecular formula is C25H37NO3. The normalized spacial score (nSPS) is 43.1. The van der Waals surface area contributed by atoms with Crippen LogP contribution >= 0.6 is 0 Å². The quantitative estimate of drug-likeness (QED) is 0.671. The molecule has 3 saturated carbocycles. The molecule has 0 saturated heterocycles. The van der Waals surface area contributed by atoms with Gasteiger partial charge >= 0.3 is 6.09 Å². The number of amides is 1. The van der Waals surface area contributed by atoms with Crippen molar-refractivity contribution in [1.82, 2.24) is 5.32 Å². The minimum absolute atomic E-state index is 0.0228. The monoisotopic (exact) mass is 399 g/mol. The molecule has 6 atom stereocenters. The van der Waals surface area contributed by atoms with Crippen LogP contribution in [0.25, 0.3) is 0 Å². The Morgan fingerprint density at radius 2 is 1.93 bits per heavy atom. The predicted octanol–water partition coefficient (Wildman–Crippen LogP) is 5.58. The van der Waals surface area contributed by atoms with Crippen molar-refractivity contribution < 1.29 is 14.3 Å². The fraction of sp³-hybridized carbons (Fsp3) is 0.760. The SMILES string of the molecule is CCCNC(=O)O[C@@]1(CC)CCC2C3CCC4=CC(=O)C=C[C@]4(C)C3CC[C@@]21C. The minimum Gasteiger partial charge on any atom is -0.442 e. The molecule has 3 fully saturated rings. The zero-order valence-electron chi connectivity index (χ0n) is 18.6. The van der Waals surface area contributed by atoms with Gasteiger partial charge in [0.25, 0.3) is 0 Å². The number of hydrogen-bond acceptors (Lipinski definition) is 3. The van der Waals surface area contributed by atoms with Gasteiger partial charge in [0.15, 0.2) is 5.78 Å². The van der Waals surface area contributed by atoms with E-state index in [1.165, 1.54) is 5.57 Å². The summed E-state index contributed by atoms with van der Waals surface area (Å²) >= 11 is 0. The summed E-state index contributed by atoms with van der Waals surface area (Å²) in [6, 6.07) is 0. The highest BCUT2D eigenvalue weighted by molar-refractivity contribution is 6.01. The van der Waals surface area contributed by atoms with E-state index in [1.54, 1.807) is 6.08 Å². The topological polar surface area (TPSA) is 55.4 Å². The van der Waals surface area contributed by atoms with Gasteiger partial charge in [-0.15, -0.1) is 0 Å². The van der Waals surface area contributed by atoms with Gasteiger partial charge in [0.2, 0.25) is 0 Å². The van der Waals surface area contributed by atoms with Gasteiger partial charge in [0, 0.05) is 17.4 Å². The minimum atomic E-state index is -0.351. The maximum Gasteiger partial charge on any atom is 0.407 e. The van der Waals surface area contributed by atoms with Gasteiger partial charge in [-0.05, 0) is 81.3 Å². The first-order valence-electron chi connectivity index (χ1n) is 11.7. The number of carbonyl (C=O) groups excluding carboxylic acids is 2. The van der Waals surface area contributed by atoms with Crippen LogP contribution in [0.4, 0.5) is 4.79 Å². The van der Waals surface area contributed by atoms with E-state index >= 15 is 0 Å². The maximum absolute atomic E-state index is 12.5. The van der Waals surface area contributed by atoms with Crippen LogP contribution in [-0.4, -0.2) is 24.0 Å². The third kappa shape index (κ3) is 3.00. The molecular weight excluding hydrogens is 362 g/mol. The molecule has 0 aliphatic heterocycles. The van der Waals surface area contributed by atoms with Crippen LogP contribution in [0.15, 0.2) is 23.8 Å². The Bertz CT molecular complexity index is 755. The van der Waals surface area contributed by atoms with Gasteiger partial charge in [-0.25, -0.2) is 4.79 Å². The van der Waals surface area contributed by atoms with E-state index in [0.717, 1.165) is 51.4 Å². The first-order valence-corrected chi connectivity index (χ1v) is 11.7. The number of ketones is 1. The third-order valence-corrected chi connectivity index (χ3v) is 9.22. The average Bonchev–Trinajstić information content (AvgIpc) is 2.99. The summed E-state index contributed by atoms with van der Waals surface area (Å²) in [4.78, 5) is 24.4. The van der Waals surface area contributed by atoms with Crippen molar-refractivity contribution in [2.24, 2.45) is 28.6 Å². The Balaban J connectivity index is 1.60. The van der Waals surface area contributed by atoms with Gasteiger partial charge < -0.3 is 10.1 Å². The molecule has 0 radical (unpaired) electrons. The molecule has 29 heavy (non-hydrogen) atoms. The van der Waals surface area contributed by atoms with Crippen molar-refractivity contribution in [1.29, 1.82) is 0 Å². The largest absolute Gasteiger partial charge is 0.442 e. The number of carbonyl (C=O) groups is 2. The Labute approximate surface area is 175 Å². The summed E-state index contributed by atoms with van der Waals surface area (Å²) in [6.45, 7) is 9.65. The van der Waals surface area contributed by atoms with Gasteiger partial charge in [-0.1, -0.05) is 39.3 Å². The van der Waals surface area contributed by atoms with Gasteiger partial charge in [-0.2, -0.15) is 0 Å². The van der Waals surface area contributed by atoms with Crippen molar-refractivity contribution in [3.8, 4) is 0 Å². The number of rotatable bonds is 4. The second-order valence-electron chi connectivity index (χ2n) is 10.3. The van der Waals surface area contributed by atoms with Crippen molar-refractivity contribution in [3.05, 3.63) is 23.8 Å². The molecule has 0 aromatic heterocycles. The van der Waals surface area contributed by atoms with E-state index < -0.39 is 0 Å².